The topological polar surface area (TPSA) is 339 Å². The second-order valence-electron chi connectivity index (χ2n) is 12.2. The summed E-state index contributed by atoms with van der Waals surface area (Å²) in [7, 11) is 0. The lowest BCUT2D eigenvalue weighted by Crippen LogP contribution is -2.50. The molecule has 2 unspecified atom stereocenters. The fourth-order valence-corrected chi connectivity index (χ4v) is 5.20. The first-order chi connectivity index (χ1) is 26.1. The van der Waals surface area contributed by atoms with Crippen LogP contribution in [0.5, 0.6) is 5.75 Å². The van der Waals surface area contributed by atoms with E-state index in [0.29, 0.717) is 24.3 Å². The van der Waals surface area contributed by atoms with Crippen molar-refractivity contribution < 1.29 is 77.8 Å². The molecule has 4 amide bonds. The molecule has 55 heavy (non-hydrogen) atoms. The van der Waals surface area contributed by atoms with E-state index in [9.17, 15) is 68.7 Å². The maximum absolute atomic E-state index is 12.4. The maximum atomic E-state index is 12.4. The van der Waals surface area contributed by atoms with E-state index in [0.717, 1.165) is 11.1 Å². The van der Waals surface area contributed by atoms with Crippen molar-refractivity contribution in [2.45, 2.75) is 83.0 Å². The molecule has 2 aromatic rings. The quantitative estimate of drug-likeness (QED) is 0.0585. The number of carboxylic acids is 5. The molecular weight excluding hydrogens is 732 g/mol. The molecule has 0 aliphatic heterocycles. The van der Waals surface area contributed by atoms with Crippen LogP contribution in [0.4, 0.5) is 0 Å². The van der Waals surface area contributed by atoms with Gasteiger partial charge in [-0.05, 0) is 62.3 Å². The monoisotopic (exact) mass is 771 g/mol. The first-order valence-corrected chi connectivity index (χ1v) is 16.9. The standard InChI is InChI=1S/C35H44N4O16/c40-19-36-16-23-15-21(18-55-23)17-54-22-3-1-20(2-4-22)13-14-37-28(41)10-7-26(34(50)51)39-30(43)11-8-27(35(52)53)38-29(42)9-5-24(32(46)47)25(33(48)49)6-12-31(44)45/h1-4,15,18-19,24-27H,5-14,16-17H2,(H,36,40)(H,37,41)(H,38,42)(H,39,43)(H,44,45)(H,46,47)(H,48,49)(H,50,51)(H,52,53)/p-5/t24?,25?,26-,27-/m1/s1. The van der Waals surface area contributed by atoms with Crippen LogP contribution in [0.3, 0.4) is 0 Å². The van der Waals surface area contributed by atoms with E-state index in [-0.39, 0.29) is 32.5 Å². The summed E-state index contributed by atoms with van der Waals surface area (Å²) < 4.78 is 11.0. The number of aliphatic carboxylic acids is 5. The third-order valence-electron chi connectivity index (χ3n) is 8.13. The molecule has 0 aliphatic carbocycles. The van der Waals surface area contributed by atoms with E-state index < -0.39 is 110 Å². The van der Waals surface area contributed by atoms with E-state index in [2.05, 4.69) is 16.0 Å². The lowest BCUT2D eigenvalue weighted by Gasteiger charge is -2.29. The number of hydrogen-bond acceptors (Lipinski definition) is 16. The van der Waals surface area contributed by atoms with Crippen LogP contribution in [-0.2, 0) is 62.7 Å². The highest BCUT2D eigenvalue weighted by Gasteiger charge is 2.26. The van der Waals surface area contributed by atoms with Gasteiger partial charge in [-0.15, -0.1) is 0 Å². The number of carbonyl (C=O) groups excluding carboxylic acids is 9. The summed E-state index contributed by atoms with van der Waals surface area (Å²) >= 11 is 0. The summed E-state index contributed by atoms with van der Waals surface area (Å²) in [5.74, 6) is -14.1. The van der Waals surface area contributed by atoms with Crippen LogP contribution in [0.15, 0.2) is 41.0 Å². The molecule has 2 rings (SSSR count). The Balaban J connectivity index is 1.76. The van der Waals surface area contributed by atoms with Crippen LogP contribution in [0.25, 0.3) is 0 Å². The zero-order valence-electron chi connectivity index (χ0n) is 29.4. The molecule has 0 spiro atoms. The Kier molecular flexibility index (Phi) is 18.9. The summed E-state index contributed by atoms with van der Waals surface area (Å²) in [6, 6.07) is 5.38. The highest BCUT2D eigenvalue weighted by molar-refractivity contribution is 5.86. The second kappa shape index (κ2) is 23.2. The van der Waals surface area contributed by atoms with Gasteiger partial charge in [-0.3, -0.25) is 19.2 Å². The van der Waals surface area contributed by atoms with Crippen LogP contribution in [-0.4, -0.2) is 72.6 Å². The maximum Gasteiger partial charge on any atom is 0.220 e. The molecule has 20 nitrogen and oxygen atoms in total. The molecule has 300 valence electrons. The minimum absolute atomic E-state index is 0.206. The highest BCUT2D eigenvalue weighted by atomic mass is 16.5. The minimum Gasteiger partial charge on any atom is -0.550 e. The molecular formula is C35H39N4O16-5. The van der Waals surface area contributed by atoms with Gasteiger partial charge in [-0.2, -0.15) is 0 Å². The first-order valence-electron chi connectivity index (χ1n) is 16.9. The lowest BCUT2D eigenvalue weighted by atomic mass is 9.85. The molecule has 1 aromatic carbocycles. The van der Waals surface area contributed by atoms with Gasteiger partial charge in [-0.25, -0.2) is 0 Å². The van der Waals surface area contributed by atoms with E-state index in [1.54, 1.807) is 30.3 Å². The Morgan fingerprint density at radius 2 is 1.20 bits per heavy atom. The molecule has 4 atom stereocenters. The van der Waals surface area contributed by atoms with Gasteiger partial charge in [0, 0.05) is 61.1 Å². The van der Waals surface area contributed by atoms with Gasteiger partial charge in [0.25, 0.3) is 0 Å². The number of ether oxygens (including phenoxy) is 1. The van der Waals surface area contributed by atoms with Crippen LogP contribution in [0.1, 0.15) is 68.3 Å². The first kappa shape index (κ1) is 44.7. The number of nitrogens with one attached hydrogen (secondary N) is 4. The number of benzene rings is 1. The Morgan fingerprint density at radius 1 is 0.673 bits per heavy atom. The molecule has 20 heteroatoms. The Bertz CT molecular complexity index is 1660. The Hall–Kier alpha value is -6.47. The number of carbonyl (C=O) groups is 9. The predicted octanol–water partition coefficient (Wildman–Crippen LogP) is -6.16. The average Bonchev–Trinajstić information content (AvgIpc) is 3.58. The number of furan rings is 1. The van der Waals surface area contributed by atoms with Crippen LogP contribution in [0, 0.1) is 11.8 Å². The van der Waals surface area contributed by atoms with Crippen molar-refractivity contribution in [3.63, 3.8) is 0 Å². The summed E-state index contributed by atoms with van der Waals surface area (Å²) in [6.45, 7) is 0.698. The van der Waals surface area contributed by atoms with Gasteiger partial charge in [0.2, 0.25) is 24.1 Å². The Labute approximate surface area is 313 Å². The third-order valence-corrected chi connectivity index (χ3v) is 8.13. The van der Waals surface area contributed by atoms with Gasteiger partial charge >= 0.3 is 0 Å². The third kappa shape index (κ3) is 17.3. The van der Waals surface area contributed by atoms with Crippen molar-refractivity contribution in [1.29, 1.82) is 0 Å². The highest BCUT2D eigenvalue weighted by Crippen LogP contribution is 2.22. The lowest BCUT2D eigenvalue weighted by molar-refractivity contribution is -0.328. The number of carboxylic acid groups (broad SMARTS) is 5. The van der Waals surface area contributed by atoms with Gasteiger partial charge in [0.15, 0.2) is 0 Å². The summed E-state index contributed by atoms with van der Waals surface area (Å²) in [5, 5.41) is 65.9. The van der Waals surface area contributed by atoms with E-state index in [1.165, 1.54) is 6.26 Å². The molecule has 0 radical (unpaired) electrons. The fourth-order valence-electron chi connectivity index (χ4n) is 5.20. The van der Waals surface area contributed by atoms with E-state index >= 15 is 0 Å². The van der Waals surface area contributed by atoms with Gasteiger partial charge in [0.05, 0.1) is 36.8 Å². The number of rotatable bonds is 28. The van der Waals surface area contributed by atoms with Crippen LogP contribution < -0.4 is 51.5 Å². The molecule has 1 aromatic heterocycles. The average molecular weight is 772 g/mol. The zero-order valence-corrected chi connectivity index (χ0v) is 29.4. The molecule has 1 heterocycles. The minimum atomic E-state index is -1.91. The predicted molar refractivity (Wildman–Crippen MR) is 172 cm³/mol. The van der Waals surface area contributed by atoms with Crippen molar-refractivity contribution in [1.82, 2.24) is 21.3 Å². The smallest absolute Gasteiger partial charge is 0.220 e. The van der Waals surface area contributed by atoms with Crippen molar-refractivity contribution >= 4 is 54.0 Å². The van der Waals surface area contributed by atoms with Gasteiger partial charge in [0.1, 0.15) is 18.1 Å². The van der Waals surface area contributed by atoms with E-state index in [4.69, 9.17) is 9.15 Å². The van der Waals surface area contributed by atoms with Crippen molar-refractivity contribution in [3.05, 3.63) is 53.5 Å². The number of hydrogen-bond donors (Lipinski definition) is 4. The van der Waals surface area contributed by atoms with Crippen LogP contribution in [0.2, 0.25) is 0 Å². The molecule has 0 saturated carbocycles. The summed E-state index contributed by atoms with van der Waals surface area (Å²) in [6.07, 6.45) is -2.34. The number of amides is 4. The van der Waals surface area contributed by atoms with Crippen LogP contribution >= 0.6 is 0 Å². The molecule has 4 N–H and O–H groups in total. The molecule has 0 bridgehead atoms. The molecule has 0 fully saturated rings. The summed E-state index contributed by atoms with van der Waals surface area (Å²) in [5.41, 5.74) is 1.63. The van der Waals surface area contributed by atoms with Crippen molar-refractivity contribution in [2.24, 2.45) is 11.8 Å². The zero-order chi connectivity index (χ0) is 40.9. The second-order valence-corrected chi connectivity index (χ2v) is 12.2. The van der Waals surface area contributed by atoms with Gasteiger partial charge in [-0.1, -0.05) is 12.1 Å². The fraction of sp³-hybridized carbons (Fsp3) is 0.457. The van der Waals surface area contributed by atoms with Crippen molar-refractivity contribution in [2.75, 3.05) is 6.54 Å². The molecule has 0 aliphatic rings. The van der Waals surface area contributed by atoms with Gasteiger partial charge < -0.3 is 79.9 Å². The Morgan fingerprint density at radius 3 is 1.71 bits per heavy atom. The van der Waals surface area contributed by atoms with E-state index in [1.807, 2.05) is 5.32 Å². The van der Waals surface area contributed by atoms with Crippen molar-refractivity contribution in [3.8, 4) is 5.75 Å². The molecule has 0 saturated heterocycles. The SMILES string of the molecule is O=CNCc1cc(COc2ccc(CCNC(=O)CC[C@@H](NC(=O)CC[C@@H](NC(=O)CCC(C(=O)[O-])C(CCC(=O)[O-])C(=O)[O-])C(=O)[O-])C(=O)[O-])cc2)co1. The summed E-state index contributed by atoms with van der Waals surface area (Å²) in [4.78, 5) is 104. The largest absolute Gasteiger partial charge is 0.550 e. The normalized spacial score (nSPS) is 12.9.